The molecule has 18 nitrogen and oxygen atoms in total. The van der Waals surface area contributed by atoms with Gasteiger partial charge in [-0.1, -0.05) is 37.5 Å². The van der Waals surface area contributed by atoms with Gasteiger partial charge in [0, 0.05) is 11.1 Å². The summed E-state index contributed by atoms with van der Waals surface area (Å²) in [5.74, 6) is -18.4. The van der Waals surface area contributed by atoms with E-state index in [-0.39, 0.29) is 43.4 Å². The molecule has 18 heteroatoms. The summed E-state index contributed by atoms with van der Waals surface area (Å²) in [7, 11) is 0. The summed E-state index contributed by atoms with van der Waals surface area (Å²) < 4.78 is 23.6. The first-order chi connectivity index (χ1) is 24.8. The van der Waals surface area contributed by atoms with Crippen LogP contribution in [-0.2, 0) is 71.6 Å². The zero-order chi connectivity index (χ0) is 39.7. The van der Waals surface area contributed by atoms with Crippen LogP contribution in [-0.4, -0.2) is 94.3 Å². The topological polar surface area (TPSA) is 278 Å². The molecule has 0 aromatic heterocycles. The van der Waals surface area contributed by atoms with E-state index in [0.717, 1.165) is 0 Å². The molecule has 3 N–H and O–H groups in total. The van der Waals surface area contributed by atoms with Crippen LogP contribution >= 0.6 is 0 Å². The second kappa shape index (κ2) is 18.1. The van der Waals surface area contributed by atoms with Crippen molar-refractivity contribution in [3.8, 4) is 0 Å². The lowest BCUT2D eigenvalue weighted by Gasteiger charge is -2.31. The number of aliphatic hydroxyl groups is 1. The molecule has 9 unspecified atom stereocenters. The maximum atomic E-state index is 13.0. The Hall–Kier alpha value is -5.78. The van der Waals surface area contributed by atoms with Crippen molar-refractivity contribution in [1.82, 2.24) is 0 Å². The fraction of sp³-hybridized carbons (Fsp3) is 0.486. The Morgan fingerprint density at radius 2 is 1.15 bits per heavy atom. The summed E-state index contributed by atoms with van der Waals surface area (Å²) in [6.45, 7) is 9.12. The van der Waals surface area contributed by atoms with Gasteiger partial charge in [0.05, 0.1) is 55.0 Å². The van der Waals surface area contributed by atoms with Gasteiger partial charge in [-0.05, 0) is 38.5 Å². The van der Waals surface area contributed by atoms with Crippen molar-refractivity contribution in [2.24, 2.45) is 47.3 Å². The van der Waals surface area contributed by atoms with E-state index in [4.69, 9.17) is 19.3 Å². The standard InChI is InChI=1S/C24H22O13.C11H16O5/c25-17-7-13(21(31)35-17)9-1-3-11(19(27)28)15(5-9)23(33)37-24(34)16-6-10(2-4-12(16)20(29)30)14-8-18(26)36-22(14)32;1-7(2)10(13)15-6-9(5-12)16-11(14)8(3)4/h1-4,9-16H,5-8H2,(H,27,28)(H,29,30);9,12H,1,3,5-6H2,2,4H3. The average Bonchev–Trinajstić information content (AvgIpc) is 3.63. The van der Waals surface area contributed by atoms with Crippen molar-refractivity contribution in [2.45, 2.75) is 45.6 Å². The van der Waals surface area contributed by atoms with Crippen LogP contribution in [0.4, 0.5) is 0 Å². The van der Waals surface area contributed by atoms with Crippen LogP contribution in [0.3, 0.4) is 0 Å². The molecule has 0 bridgehead atoms. The summed E-state index contributed by atoms with van der Waals surface area (Å²) in [6.07, 6.45) is 3.38. The molecule has 2 fully saturated rings. The summed E-state index contributed by atoms with van der Waals surface area (Å²) in [4.78, 5) is 118. The van der Waals surface area contributed by atoms with E-state index >= 15 is 0 Å². The molecular formula is C35H38O18. The van der Waals surface area contributed by atoms with E-state index in [1.54, 1.807) is 0 Å². The quantitative estimate of drug-likeness (QED) is 0.0811. The fourth-order valence-electron chi connectivity index (χ4n) is 5.98. The fourth-order valence-corrected chi connectivity index (χ4v) is 5.98. The van der Waals surface area contributed by atoms with Crippen LogP contribution in [0.1, 0.15) is 39.5 Å². The van der Waals surface area contributed by atoms with Crippen LogP contribution in [0.15, 0.2) is 48.6 Å². The Bertz CT molecular complexity index is 1560. The van der Waals surface area contributed by atoms with Crippen molar-refractivity contribution in [1.29, 1.82) is 0 Å². The van der Waals surface area contributed by atoms with Crippen LogP contribution in [0.25, 0.3) is 0 Å². The molecule has 2 heterocycles. The third-order valence-electron chi connectivity index (χ3n) is 8.84. The highest BCUT2D eigenvalue weighted by Gasteiger charge is 2.48. The lowest BCUT2D eigenvalue weighted by atomic mass is 9.73. The number of rotatable bonds is 12. The third-order valence-corrected chi connectivity index (χ3v) is 8.84. The number of allylic oxidation sites excluding steroid dienone is 2. The van der Waals surface area contributed by atoms with Crippen molar-refractivity contribution >= 4 is 59.7 Å². The van der Waals surface area contributed by atoms with E-state index in [2.05, 4.69) is 22.6 Å². The largest absolute Gasteiger partial charge is 0.481 e. The van der Waals surface area contributed by atoms with Gasteiger partial charge in [-0.2, -0.15) is 0 Å². The van der Waals surface area contributed by atoms with Gasteiger partial charge in [-0.25, -0.2) is 9.59 Å². The minimum Gasteiger partial charge on any atom is -0.481 e. The van der Waals surface area contributed by atoms with Gasteiger partial charge in [-0.3, -0.25) is 38.4 Å². The lowest BCUT2D eigenvalue weighted by molar-refractivity contribution is -0.172. The van der Waals surface area contributed by atoms with Gasteiger partial charge in [0.25, 0.3) is 0 Å². The summed E-state index contributed by atoms with van der Waals surface area (Å²) in [5.41, 5.74) is 0.451. The molecule has 0 aromatic carbocycles. The van der Waals surface area contributed by atoms with Gasteiger partial charge in [-0.15, -0.1) is 0 Å². The van der Waals surface area contributed by atoms with Gasteiger partial charge in [0.1, 0.15) is 6.61 Å². The van der Waals surface area contributed by atoms with Crippen molar-refractivity contribution in [3.63, 3.8) is 0 Å². The first-order valence-electron chi connectivity index (χ1n) is 16.2. The Balaban J connectivity index is 0.000000399. The zero-order valence-corrected chi connectivity index (χ0v) is 28.6. The Morgan fingerprint density at radius 1 is 0.736 bits per heavy atom. The molecule has 2 saturated heterocycles. The second-order valence-corrected chi connectivity index (χ2v) is 12.8. The predicted molar refractivity (Wildman–Crippen MR) is 171 cm³/mol. The maximum Gasteiger partial charge on any atom is 0.333 e. The predicted octanol–water partition coefficient (Wildman–Crippen LogP) is 0.608. The molecule has 9 atom stereocenters. The molecule has 0 radical (unpaired) electrons. The minimum absolute atomic E-state index is 0.207. The van der Waals surface area contributed by atoms with Gasteiger partial charge in [0.2, 0.25) is 0 Å². The number of carbonyl (C=O) groups is 10. The number of carbonyl (C=O) groups excluding carboxylic acids is 8. The van der Waals surface area contributed by atoms with Crippen LogP contribution in [0.5, 0.6) is 0 Å². The Morgan fingerprint density at radius 3 is 1.47 bits per heavy atom. The molecule has 4 rings (SSSR count). The Kier molecular flexibility index (Phi) is 14.2. The molecule has 53 heavy (non-hydrogen) atoms. The van der Waals surface area contributed by atoms with Crippen molar-refractivity contribution in [2.75, 3.05) is 13.2 Å². The Labute approximate surface area is 301 Å². The summed E-state index contributed by atoms with van der Waals surface area (Å²) in [5, 5.41) is 28.0. The molecule has 286 valence electrons. The highest BCUT2D eigenvalue weighted by atomic mass is 16.6. The SMILES string of the molecule is C=C(C)C(=O)OCC(CO)OC(=O)C(=C)C.O=C1CC(C2C=CC(C(=O)O)C(C(=O)OC(=O)C3CC(C4CC(=O)OC4=O)C=CC3C(=O)O)C2)C(=O)O1. The highest BCUT2D eigenvalue weighted by Crippen LogP contribution is 2.40. The zero-order valence-electron chi connectivity index (χ0n) is 28.6. The molecule has 2 aliphatic carbocycles. The molecular weight excluding hydrogens is 708 g/mol. The number of aliphatic carboxylic acids is 2. The number of ether oxygens (including phenoxy) is 5. The van der Waals surface area contributed by atoms with Crippen molar-refractivity contribution in [3.05, 3.63) is 48.6 Å². The number of carboxylic acids is 2. The van der Waals surface area contributed by atoms with E-state index in [1.165, 1.54) is 38.2 Å². The molecule has 4 aliphatic rings. The molecule has 0 saturated carbocycles. The molecule has 0 amide bonds. The average molecular weight is 747 g/mol. The minimum atomic E-state index is -1.40. The van der Waals surface area contributed by atoms with Crippen LogP contribution in [0, 0.1) is 47.3 Å². The lowest BCUT2D eigenvalue weighted by Crippen LogP contribution is -2.40. The van der Waals surface area contributed by atoms with E-state index in [1.807, 2.05) is 0 Å². The number of aliphatic hydroxyl groups excluding tert-OH is 1. The number of hydrogen-bond donors (Lipinski definition) is 3. The first kappa shape index (κ1) is 41.6. The van der Waals surface area contributed by atoms with Crippen LogP contribution in [0.2, 0.25) is 0 Å². The molecule has 2 aliphatic heterocycles. The van der Waals surface area contributed by atoms with Gasteiger partial charge in [0.15, 0.2) is 6.10 Å². The van der Waals surface area contributed by atoms with E-state index in [9.17, 15) is 58.2 Å². The molecule has 0 aromatic rings. The van der Waals surface area contributed by atoms with Crippen LogP contribution < -0.4 is 0 Å². The number of carboxylic acid groups (broad SMARTS) is 2. The number of hydrogen-bond acceptors (Lipinski definition) is 16. The van der Waals surface area contributed by atoms with Gasteiger partial charge >= 0.3 is 59.7 Å². The summed E-state index contributed by atoms with van der Waals surface area (Å²) >= 11 is 0. The smallest absolute Gasteiger partial charge is 0.333 e. The third kappa shape index (κ3) is 10.9. The normalized spacial score (nSPS) is 28.0. The molecule has 0 spiro atoms. The van der Waals surface area contributed by atoms with Gasteiger partial charge < -0.3 is 39.0 Å². The summed E-state index contributed by atoms with van der Waals surface area (Å²) in [6, 6.07) is 0. The first-order valence-corrected chi connectivity index (χ1v) is 16.2. The number of cyclic esters (lactones) is 4. The maximum absolute atomic E-state index is 13.0. The second-order valence-electron chi connectivity index (χ2n) is 12.8. The number of esters is 8. The van der Waals surface area contributed by atoms with Crippen molar-refractivity contribution < 1.29 is 86.9 Å². The van der Waals surface area contributed by atoms with E-state index in [0.29, 0.717) is 0 Å². The highest BCUT2D eigenvalue weighted by molar-refractivity contribution is 5.97. The monoisotopic (exact) mass is 746 g/mol. The van der Waals surface area contributed by atoms with E-state index < -0.39 is 120 Å².